The fourth-order valence-electron chi connectivity index (χ4n) is 10.1. The number of nitrogens with two attached hydrogens (primary N) is 1. The molecule has 4 bridgehead atoms. The van der Waals surface area contributed by atoms with Gasteiger partial charge in [0.1, 0.15) is 59.0 Å². The van der Waals surface area contributed by atoms with E-state index in [9.17, 15) is 43.5 Å². The highest BCUT2D eigenvalue weighted by Gasteiger charge is 2.64. The SMILES string of the molecule is COc1cc(NC(=O)[C@H](CCCNC(N)=O)NC(=O)[C@@H](NC(C=O)CCCCNC(C=O)(CBr)CBr)C(C)C)ccc1NC(=O)O[C@H]1CC(=O)N(C)c2cc(cc(OC)c2Cl)C/C(C)=C/C=C/[C@@H](OC)[C@@]2(O)C[C@H](OC(=O)N2)[C@@H](C)[C@@H]2O[C@@]12C. The molecule has 5 rings (SSSR count). The molecule has 7 amide bonds. The van der Waals surface area contributed by atoms with Crippen LogP contribution in [0.25, 0.3) is 0 Å². The van der Waals surface area contributed by atoms with E-state index in [4.69, 9.17) is 45.8 Å². The smallest absolute Gasteiger partial charge is 0.412 e. The minimum absolute atomic E-state index is 0.0597. The van der Waals surface area contributed by atoms with Crippen molar-refractivity contribution >= 4 is 109 Å². The highest BCUT2D eigenvalue weighted by Crippen LogP contribution is 2.49. The lowest BCUT2D eigenvalue weighted by atomic mass is 9.83. The molecule has 3 heterocycles. The second kappa shape index (κ2) is 31.5. The zero-order valence-corrected chi connectivity index (χ0v) is 52.7. The number of allylic oxidation sites excluding steroid dienone is 3. The maximum Gasteiger partial charge on any atom is 0.412 e. The summed E-state index contributed by atoms with van der Waals surface area (Å²) < 4.78 is 35.1. The van der Waals surface area contributed by atoms with Crippen LogP contribution in [0.5, 0.6) is 11.5 Å². The number of carbonyl (C=O) groups excluding carboxylic acids is 8. The lowest BCUT2D eigenvalue weighted by Crippen LogP contribution is -2.63. The molecule has 24 nitrogen and oxygen atoms in total. The van der Waals surface area contributed by atoms with Gasteiger partial charge in [-0.15, -0.1) is 0 Å². The number of methoxy groups -OCH3 is 3. The zero-order valence-electron chi connectivity index (χ0n) is 48.8. The molecule has 0 aliphatic carbocycles. The van der Waals surface area contributed by atoms with E-state index in [2.05, 4.69) is 69.1 Å². The standard InChI is InChI=1S/C57H80Br2ClN9O15/c1-32(2)48(64-37(28-70)15-10-11-21-63-56(29-58,30-59)31-71)51(74)66-39(16-13-20-62-52(61)75)50(73)65-36-18-19-38(41(25-36)79-7)67-53(76)83-45-26-46(72)69(6)40-23-35(24-42(80-8)47(40)60)22-33(3)14-12-17-44(81-9)57(78)27-43(82-54(77)68-57)34(4)49-55(45,5)84-49/h12,14,17-19,23-25,28,31-32,34,37,39,43-45,48-49,63-64,78H,10-11,13,15-16,20-22,26-27,29-30H2,1-9H3,(H,65,73)(H,66,74)(H,67,76)(H,68,77)(H3,61,62,75)/b17-12+,33-14+/t34-,37?,39+,43+,44-,45+,48+,49+,55+,57+/m1/s1. The van der Waals surface area contributed by atoms with Crippen LogP contribution >= 0.6 is 43.5 Å². The summed E-state index contributed by atoms with van der Waals surface area (Å²) in [5, 5.41) is 32.5. The van der Waals surface area contributed by atoms with E-state index in [1.165, 1.54) is 51.5 Å². The van der Waals surface area contributed by atoms with Gasteiger partial charge in [0.25, 0.3) is 0 Å². The van der Waals surface area contributed by atoms with Gasteiger partial charge in [0.05, 0.1) is 55.7 Å². The van der Waals surface area contributed by atoms with Gasteiger partial charge in [-0.3, -0.25) is 30.3 Å². The Bertz CT molecular complexity index is 2740. The van der Waals surface area contributed by atoms with Crippen molar-refractivity contribution in [2.24, 2.45) is 17.6 Å². The molecule has 2 aromatic rings. The fourth-order valence-corrected chi connectivity index (χ4v) is 12.0. The number of hydrogen-bond donors (Lipinski definition) is 9. The quantitative estimate of drug-likeness (QED) is 0.0228. The molecule has 2 aromatic carbocycles. The minimum atomic E-state index is -1.91. The van der Waals surface area contributed by atoms with Gasteiger partial charge in [0.15, 0.2) is 5.72 Å². The first-order valence-electron chi connectivity index (χ1n) is 27.6. The summed E-state index contributed by atoms with van der Waals surface area (Å²) in [4.78, 5) is 107. The first kappa shape index (κ1) is 68.9. The van der Waals surface area contributed by atoms with E-state index in [0.717, 1.165) is 23.7 Å². The van der Waals surface area contributed by atoms with E-state index in [0.29, 0.717) is 54.3 Å². The Labute approximate surface area is 511 Å². The Morgan fingerprint density at radius 1 is 1.00 bits per heavy atom. The molecule has 1 unspecified atom stereocenters. The van der Waals surface area contributed by atoms with Crippen molar-refractivity contribution in [2.75, 3.05) is 67.7 Å². The van der Waals surface area contributed by atoms with Crippen LogP contribution in [-0.4, -0.2) is 165 Å². The lowest BCUT2D eigenvalue weighted by Gasteiger charge is -2.42. The number of nitrogens with one attached hydrogen (secondary N) is 7. The normalized spacial score (nSPS) is 24.7. The van der Waals surface area contributed by atoms with Crippen LogP contribution < -0.4 is 57.3 Å². The van der Waals surface area contributed by atoms with Crippen molar-refractivity contribution < 1.29 is 71.9 Å². The maximum absolute atomic E-state index is 14.5. The number of fused-ring (bicyclic) bond motifs is 5. The Kier molecular flexibility index (Phi) is 25.8. The van der Waals surface area contributed by atoms with Crippen LogP contribution in [0.4, 0.5) is 31.4 Å². The average Bonchev–Trinajstić information content (AvgIpc) is 1.92. The first-order valence-corrected chi connectivity index (χ1v) is 30.2. The van der Waals surface area contributed by atoms with Crippen molar-refractivity contribution in [2.45, 2.75) is 145 Å². The summed E-state index contributed by atoms with van der Waals surface area (Å²) in [6, 6.07) is 4.34. The number of amides is 7. The topological polar surface area (TPSA) is 329 Å². The molecule has 10 atom stereocenters. The largest absolute Gasteiger partial charge is 0.495 e. The third-order valence-corrected chi connectivity index (χ3v) is 17.5. The lowest BCUT2D eigenvalue weighted by molar-refractivity contribution is -0.142. The first-order chi connectivity index (χ1) is 39.8. The summed E-state index contributed by atoms with van der Waals surface area (Å²) in [5.41, 5.74) is 3.49. The van der Waals surface area contributed by atoms with Gasteiger partial charge in [0, 0.05) is 55.5 Å². The Balaban J connectivity index is 1.36. The number of aliphatic hydroxyl groups is 1. The number of nitrogens with zero attached hydrogens (tertiary/aromatic N) is 1. The van der Waals surface area contributed by atoms with Crippen LogP contribution in [0.1, 0.15) is 85.1 Å². The summed E-state index contributed by atoms with van der Waals surface area (Å²) in [6.07, 6.45) is 2.59. The molecule has 10 N–H and O–H groups in total. The van der Waals surface area contributed by atoms with E-state index in [1.54, 1.807) is 52.0 Å². The number of epoxide rings is 1. The number of ether oxygens (including phenoxy) is 6. The average molecular weight is 1330 g/mol. The van der Waals surface area contributed by atoms with Crippen LogP contribution in [0, 0.1) is 11.8 Å². The fraction of sp³-hybridized carbons (Fsp3) is 0.579. The molecule has 3 aliphatic heterocycles. The van der Waals surface area contributed by atoms with Crippen LogP contribution in [0.15, 0.2) is 54.1 Å². The Hall–Kier alpha value is -5.87. The number of hydrogen-bond acceptors (Lipinski definition) is 17. The molecule has 0 aromatic heterocycles. The number of carbonyl (C=O) groups is 8. The highest BCUT2D eigenvalue weighted by atomic mass is 79.9. The third kappa shape index (κ3) is 18.3. The number of alkyl carbamates (subject to hydrolysis) is 1. The van der Waals surface area contributed by atoms with E-state index in [1.807, 2.05) is 13.0 Å². The third-order valence-electron chi connectivity index (χ3n) is 15.1. The van der Waals surface area contributed by atoms with Gasteiger partial charge in [0.2, 0.25) is 17.7 Å². The number of primary amides is 1. The number of unbranched alkanes of at least 4 members (excludes halogenated alkanes) is 1. The number of aldehydes is 2. The molecule has 464 valence electrons. The Morgan fingerprint density at radius 3 is 2.35 bits per heavy atom. The molecular formula is C57H80Br2ClN9O15. The number of alkyl halides is 2. The highest BCUT2D eigenvalue weighted by molar-refractivity contribution is 9.10. The van der Waals surface area contributed by atoms with Gasteiger partial charge in [-0.1, -0.05) is 94.5 Å². The summed E-state index contributed by atoms with van der Waals surface area (Å²) >= 11 is 13.6. The van der Waals surface area contributed by atoms with Crippen LogP contribution in [-0.2, 0) is 49.3 Å². The molecule has 2 fully saturated rings. The van der Waals surface area contributed by atoms with Crippen molar-refractivity contribution in [3.05, 3.63) is 64.7 Å². The summed E-state index contributed by atoms with van der Waals surface area (Å²) in [5.74, 6) is -2.28. The number of urea groups is 1. The number of halogens is 3. The van der Waals surface area contributed by atoms with Crippen molar-refractivity contribution in [3.63, 3.8) is 0 Å². The second-order valence-electron chi connectivity index (χ2n) is 21.8. The van der Waals surface area contributed by atoms with Gasteiger partial charge < -0.3 is 75.0 Å². The number of benzene rings is 2. The number of anilines is 3. The van der Waals surface area contributed by atoms with Gasteiger partial charge in [-0.25, -0.2) is 14.4 Å². The van der Waals surface area contributed by atoms with Crippen LogP contribution in [0.2, 0.25) is 5.02 Å². The monoisotopic (exact) mass is 1320 g/mol. The van der Waals surface area contributed by atoms with Gasteiger partial charge in [-0.05, 0) is 88.2 Å². The van der Waals surface area contributed by atoms with Gasteiger partial charge in [-0.2, -0.15) is 0 Å². The molecule has 2 saturated heterocycles. The maximum atomic E-state index is 14.5. The van der Waals surface area contributed by atoms with E-state index in [-0.39, 0.29) is 53.9 Å². The Morgan fingerprint density at radius 2 is 1.71 bits per heavy atom. The van der Waals surface area contributed by atoms with Gasteiger partial charge >= 0.3 is 18.2 Å². The second-order valence-corrected chi connectivity index (χ2v) is 23.3. The predicted octanol–water partition coefficient (Wildman–Crippen LogP) is 5.92. The summed E-state index contributed by atoms with van der Waals surface area (Å²) in [6.45, 7) is 9.52. The van der Waals surface area contributed by atoms with Crippen LogP contribution in [0.3, 0.4) is 0 Å². The minimum Gasteiger partial charge on any atom is -0.495 e. The van der Waals surface area contributed by atoms with Crippen molar-refractivity contribution in [1.29, 1.82) is 0 Å². The molecule has 0 radical (unpaired) electrons. The van der Waals surface area contributed by atoms with Crippen molar-refractivity contribution in [1.82, 2.24) is 26.6 Å². The van der Waals surface area contributed by atoms with E-state index >= 15 is 0 Å². The predicted molar refractivity (Wildman–Crippen MR) is 323 cm³/mol. The molecule has 3 aliphatic rings. The molecule has 84 heavy (non-hydrogen) atoms. The zero-order chi connectivity index (χ0) is 62.1. The molecule has 27 heteroatoms. The molecular weight excluding hydrogens is 1250 g/mol. The van der Waals surface area contributed by atoms with E-state index < -0.39 is 108 Å². The summed E-state index contributed by atoms with van der Waals surface area (Å²) in [7, 11) is 5.73. The number of rotatable bonds is 26. The molecule has 0 saturated carbocycles. The van der Waals surface area contributed by atoms with Crippen molar-refractivity contribution in [3.8, 4) is 11.5 Å². The molecule has 0 spiro atoms.